The maximum absolute atomic E-state index is 14.0. The third kappa shape index (κ3) is 13.6. The van der Waals surface area contributed by atoms with E-state index < -0.39 is 35.7 Å². The third-order valence-electron chi connectivity index (χ3n) is 11.3. The Morgan fingerprint density at radius 2 is 1.68 bits per heavy atom. The van der Waals surface area contributed by atoms with Crippen LogP contribution in [-0.2, 0) is 20.9 Å². The number of aliphatic hydroxyl groups is 1. The highest BCUT2D eigenvalue weighted by molar-refractivity contribution is 7.13. The second kappa shape index (κ2) is 23.7. The largest absolute Gasteiger partial charge is 0.475 e. The third-order valence-corrected chi connectivity index (χ3v) is 12.7. The summed E-state index contributed by atoms with van der Waals surface area (Å²) in [5.41, 5.74) is 6.18. The van der Waals surface area contributed by atoms with Crippen LogP contribution in [0.2, 0.25) is 10.2 Å². The highest BCUT2D eigenvalue weighted by Crippen LogP contribution is 2.30. The Morgan fingerprint density at radius 3 is 2.39 bits per heavy atom. The number of aryl methyl sites for hydroxylation is 1. The van der Waals surface area contributed by atoms with Gasteiger partial charge in [0.1, 0.15) is 18.3 Å². The van der Waals surface area contributed by atoms with Gasteiger partial charge in [-0.3, -0.25) is 9.59 Å². The van der Waals surface area contributed by atoms with Crippen molar-refractivity contribution in [2.24, 2.45) is 5.41 Å². The van der Waals surface area contributed by atoms with Gasteiger partial charge in [0.2, 0.25) is 17.7 Å². The number of urea groups is 1. The molecule has 0 aliphatic carbocycles. The number of pyridine rings is 1. The number of carbonyl (C=O) groups excluding carboxylic acids is 3. The quantitative estimate of drug-likeness (QED) is 0.0375. The monoisotopic (exact) mass is 965 g/mol. The van der Waals surface area contributed by atoms with E-state index in [2.05, 4.69) is 46.6 Å². The fraction of sp³-hybridized carbons (Fsp3) is 0.500. The van der Waals surface area contributed by atoms with Crippen molar-refractivity contribution in [2.75, 3.05) is 50.5 Å². The molecule has 0 bridgehead atoms. The zero-order chi connectivity index (χ0) is 47.4. The van der Waals surface area contributed by atoms with E-state index in [1.54, 1.807) is 35.5 Å². The summed E-state index contributed by atoms with van der Waals surface area (Å²) < 4.78 is 13.0. The number of amides is 4. The lowest BCUT2D eigenvalue weighted by molar-refractivity contribution is -0.142. The number of benzene rings is 1. The highest BCUT2D eigenvalue weighted by Gasteiger charge is 2.43. The lowest BCUT2D eigenvalue weighted by Gasteiger charge is -2.35. The highest BCUT2D eigenvalue weighted by atomic mass is 35.5. The minimum Gasteiger partial charge on any atom is -0.475 e. The molecule has 0 saturated carbocycles. The van der Waals surface area contributed by atoms with Crippen LogP contribution in [0.3, 0.4) is 0 Å². The van der Waals surface area contributed by atoms with Crippen molar-refractivity contribution in [3.63, 3.8) is 0 Å². The smallest absolute Gasteiger partial charge is 0.323 e. The number of anilines is 2. The number of fused-ring (bicyclic) bond motifs is 1. The number of nitrogens with one attached hydrogen (secondary N) is 5. The fourth-order valence-electron chi connectivity index (χ4n) is 7.82. The summed E-state index contributed by atoms with van der Waals surface area (Å²) in [6.07, 6.45) is 6.93. The first-order chi connectivity index (χ1) is 31.6. The van der Waals surface area contributed by atoms with Gasteiger partial charge in [0.05, 0.1) is 56.9 Å². The average Bonchev–Trinajstić information content (AvgIpc) is 4.01. The van der Waals surface area contributed by atoms with Crippen LogP contribution in [0, 0.1) is 12.3 Å². The Balaban J connectivity index is 0.869. The molecular weight excluding hydrogens is 906 g/mol. The van der Waals surface area contributed by atoms with Crippen molar-refractivity contribution in [3.8, 4) is 16.3 Å². The molecule has 4 atom stereocenters. The zero-order valence-corrected chi connectivity index (χ0v) is 40.7. The Bertz CT molecular complexity index is 2410. The number of halogens is 2. The molecule has 6 N–H and O–H groups in total. The minimum atomic E-state index is -0.763. The predicted octanol–water partition coefficient (Wildman–Crippen LogP) is 7.42. The van der Waals surface area contributed by atoms with Crippen molar-refractivity contribution >= 4 is 69.4 Å². The van der Waals surface area contributed by atoms with Gasteiger partial charge in [0.25, 0.3) is 0 Å². The molecule has 0 radical (unpaired) electrons. The molecule has 66 heavy (non-hydrogen) atoms. The minimum absolute atomic E-state index is 0.125. The van der Waals surface area contributed by atoms with Gasteiger partial charge >= 0.3 is 6.03 Å². The van der Waals surface area contributed by atoms with Gasteiger partial charge < -0.3 is 46.1 Å². The lowest BCUT2D eigenvalue weighted by atomic mass is 9.85. The van der Waals surface area contributed by atoms with E-state index in [4.69, 9.17) is 32.7 Å². The number of hydrogen-bond acceptors (Lipinski definition) is 13. The number of likely N-dealkylation sites (tertiary alicyclic amines) is 1. The molecular formula is C46H61Cl2N11O6S. The van der Waals surface area contributed by atoms with Crippen LogP contribution in [0.5, 0.6) is 5.88 Å². The summed E-state index contributed by atoms with van der Waals surface area (Å²) in [4.78, 5) is 56.2. The standard InChI is InChI=1S/C46H61Cl2N11O6S/c1-28-40(66-27-54-28)31-14-12-30(13-15-31)23-52-42(61)36-21-33(60)26-58(36)44(62)41(46(3,4)5)50-17-11-9-7-8-10-16-49-18-19-65-43-34(20-32(47)24-53-43)55-45(63)56-35-25-51-38-22-37(48)57-59(38)39(35)29(2)64-6/h12-15,20,22,24-25,27,29,33,36,41,49-50,60H,7-11,16-19,21,23,26H2,1-6H3,(H,52,61)(H2,55,56,63)/t29-,33+,36-,41+/m0/s1. The molecule has 356 valence electrons. The molecule has 4 amide bonds. The van der Waals surface area contributed by atoms with E-state index in [9.17, 15) is 19.5 Å². The molecule has 1 aromatic carbocycles. The van der Waals surface area contributed by atoms with E-state index in [0.717, 1.165) is 60.3 Å². The fourth-order valence-corrected chi connectivity index (χ4v) is 8.96. The number of unbranched alkanes of at least 4 members (excludes halogenated alkanes) is 4. The number of rotatable bonds is 22. The van der Waals surface area contributed by atoms with Crippen LogP contribution < -0.4 is 31.3 Å². The average molecular weight is 967 g/mol. The van der Waals surface area contributed by atoms with E-state index >= 15 is 0 Å². The van der Waals surface area contributed by atoms with Gasteiger partial charge in [-0.15, -0.1) is 11.3 Å². The number of carbonyl (C=O) groups is 3. The van der Waals surface area contributed by atoms with Gasteiger partial charge in [-0.05, 0) is 62.4 Å². The van der Waals surface area contributed by atoms with Crippen molar-refractivity contribution in [1.29, 1.82) is 0 Å². The van der Waals surface area contributed by atoms with Crippen LogP contribution in [0.1, 0.15) is 89.3 Å². The number of aromatic nitrogens is 5. The molecule has 6 rings (SSSR count). The number of β-amino-alcohol motifs (C(OH)–C–C–N with tert-alkyl or cyclic N) is 1. The number of ether oxygens (including phenoxy) is 2. The Hall–Kier alpha value is -4.95. The van der Waals surface area contributed by atoms with E-state index in [1.807, 2.05) is 64.4 Å². The maximum atomic E-state index is 14.0. The summed E-state index contributed by atoms with van der Waals surface area (Å²) in [7, 11) is 1.55. The number of aliphatic hydroxyl groups excluding tert-OH is 1. The summed E-state index contributed by atoms with van der Waals surface area (Å²) in [6.45, 7) is 12.6. The summed E-state index contributed by atoms with van der Waals surface area (Å²) in [5.74, 6) is -0.214. The first kappa shape index (κ1) is 50.5. The van der Waals surface area contributed by atoms with Crippen LogP contribution in [0.25, 0.3) is 16.1 Å². The van der Waals surface area contributed by atoms with Crippen LogP contribution >= 0.6 is 34.5 Å². The normalized spacial score (nSPS) is 16.0. The molecule has 1 aliphatic heterocycles. The molecule has 1 fully saturated rings. The second-order valence-corrected chi connectivity index (χ2v) is 19.1. The summed E-state index contributed by atoms with van der Waals surface area (Å²) in [6, 6.07) is 9.37. The molecule has 5 aromatic rings. The predicted molar refractivity (Wildman–Crippen MR) is 258 cm³/mol. The molecule has 0 unspecified atom stereocenters. The van der Waals surface area contributed by atoms with Crippen molar-refractivity contribution < 1.29 is 29.0 Å². The Kier molecular flexibility index (Phi) is 18.1. The van der Waals surface area contributed by atoms with Crippen molar-refractivity contribution in [1.82, 2.24) is 45.4 Å². The number of thiazole rings is 1. The van der Waals surface area contributed by atoms with E-state index in [0.29, 0.717) is 54.0 Å². The SMILES string of the molecule is CO[C@@H](C)c1c(NC(=O)Nc2cc(Cl)cnc2OCCNCCCCCCCN[C@H](C(=O)N2C[C@H](O)C[C@H]2C(=O)NCc2ccc(-c3scnc3C)cc2)C(C)(C)C)cnc2cc(Cl)nn12. The van der Waals surface area contributed by atoms with E-state index in [1.165, 1.54) is 16.9 Å². The van der Waals surface area contributed by atoms with Gasteiger partial charge in [0, 0.05) is 45.4 Å². The van der Waals surface area contributed by atoms with Gasteiger partial charge in [-0.25, -0.2) is 24.3 Å². The van der Waals surface area contributed by atoms with E-state index in [-0.39, 0.29) is 35.8 Å². The Morgan fingerprint density at radius 1 is 0.955 bits per heavy atom. The molecule has 0 spiro atoms. The summed E-state index contributed by atoms with van der Waals surface area (Å²) in [5, 5.41) is 30.9. The second-order valence-electron chi connectivity index (χ2n) is 17.5. The number of hydrogen-bond donors (Lipinski definition) is 6. The van der Waals surface area contributed by atoms with Crippen molar-refractivity contribution in [3.05, 3.63) is 81.4 Å². The lowest BCUT2D eigenvalue weighted by Crippen LogP contribution is -2.56. The topological polar surface area (TPSA) is 209 Å². The molecule has 5 heterocycles. The van der Waals surface area contributed by atoms with Crippen LogP contribution in [0.4, 0.5) is 16.2 Å². The van der Waals surface area contributed by atoms with Crippen LogP contribution in [-0.4, -0.2) is 111 Å². The first-order valence-corrected chi connectivity index (χ1v) is 23.9. The van der Waals surface area contributed by atoms with Gasteiger partial charge in [-0.1, -0.05) is 87.5 Å². The molecule has 1 saturated heterocycles. The molecule has 4 aromatic heterocycles. The van der Waals surface area contributed by atoms with Crippen LogP contribution in [0.15, 0.2) is 54.3 Å². The number of nitrogens with zero attached hydrogens (tertiary/aromatic N) is 6. The van der Waals surface area contributed by atoms with Crippen molar-refractivity contribution in [2.45, 2.75) is 104 Å². The summed E-state index contributed by atoms with van der Waals surface area (Å²) >= 11 is 13.9. The zero-order valence-electron chi connectivity index (χ0n) is 38.3. The molecule has 17 nitrogen and oxygen atoms in total. The Labute approximate surface area is 399 Å². The molecule has 1 aliphatic rings. The van der Waals surface area contributed by atoms with Gasteiger partial charge in [-0.2, -0.15) is 5.10 Å². The van der Waals surface area contributed by atoms with Gasteiger partial charge in [0.15, 0.2) is 10.8 Å². The maximum Gasteiger partial charge on any atom is 0.323 e. The number of methoxy groups -OCH3 is 1. The first-order valence-electron chi connectivity index (χ1n) is 22.3. The molecule has 20 heteroatoms.